The summed E-state index contributed by atoms with van der Waals surface area (Å²) in [5.74, 6) is 0. The maximum atomic E-state index is 8.84. The van der Waals surface area contributed by atoms with Gasteiger partial charge in [-0.3, -0.25) is 4.98 Å². The number of pyridine rings is 1. The molecule has 1 fully saturated rings. The van der Waals surface area contributed by atoms with Crippen molar-refractivity contribution in [2.75, 3.05) is 24.6 Å². The third-order valence-electron chi connectivity index (χ3n) is 3.84. The van der Waals surface area contributed by atoms with Gasteiger partial charge in [-0.25, -0.2) is 0 Å². The molecule has 4 heteroatoms. The maximum Gasteiger partial charge on any atom is 0.0431 e. The predicted octanol–water partition coefficient (Wildman–Crippen LogP) is 1.80. The summed E-state index contributed by atoms with van der Waals surface area (Å²) in [6.45, 7) is 4.72. The molecule has 4 nitrogen and oxygen atoms in total. The summed E-state index contributed by atoms with van der Waals surface area (Å²) in [6.07, 6.45) is 8.04. The zero-order chi connectivity index (χ0) is 13.5. The first-order chi connectivity index (χ1) is 9.29. The largest absolute Gasteiger partial charge is 0.396 e. The first-order valence-corrected chi connectivity index (χ1v) is 7.31. The molecule has 2 heterocycles. The molecule has 0 saturated carbocycles. The third kappa shape index (κ3) is 4.48. The van der Waals surface area contributed by atoms with Crippen LogP contribution in [0, 0.1) is 0 Å². The fraction of sp³-hybridized carbons (Fsp3) is 0.667. The average molecular weight is 263 g/mol. The van der Waals surface area contributed by atoms with Crippen molar-refractivity contribution in [2.24, 2.45) is 0 Å². The lowest BCUT2D eigenvalue weighted by Crippen LogP contribution is -2.45. The van der Waals surface area contributed by atoms with Crippen LogP contribution in [-0.4, -0.2) is 41.9 Å². The first-order valence-electron chi connectivity index (χ1n) is 7.31. The van der Waals surface area contributed by atoms with E-state index in [0.717, 1.165) is 25.9 Å². The summed E-state index contributed by atoms with van der Waals surface area (Å²) in [7, 11) is 0. The highest BCUT2D eigenvalue weighted by Gasteiger charge is 2.20. The van der Waals surface area contributed by atoms with Gasteiger partial charge in [0.05, 0.1) is 0 Å². The second-order valence-corrected chi connectivity index (χ2v) is 5.40. The van der Waals surface area contributed by atoms with Crippen molar-refractivity contribution in [3.8, 4) is 0 Å². The Bertz CT molecular complexity index is 350. The lowest BCUT2D eigenvalue weighted by Gasteiger charge is -2.35. The van der Waals surface area contributed by atoms with Gasteiger partial charge >= 0.3 is 0 Å². The molecule has 0 aliphatic carbocycles. The van der Waals surface area contributed by atoms with Crippen molar-refractivity contribution in [1.29, 1.82) is 0 Å². The summed E-state index contributed by atoms with van der Waals surface area (Å²) in [5, 5.41) is 12.5. The topological polar surface area (TPSA) is 48.4 Å². The van der Waals surface area contributed by atoms with Gasteiger partial charge in [0, 0.05) is 49.9 Å². The van der Waals surface area contributed by atoms with Crippen LogP contribution in [0.2, 0.25) is 0 Å². The summed E-state index contributed by atoms with van der Waals surface area (Å²) >= 11 is 0. The van der Waals surface area contributed by atoms with E-state index in [1.54, 1.807) is 0 Å². The summed E-state index contributed by atoms with van der Waals surface area (Å²) in [6, 6.07) is 5.28. The van der Waals surface area contributed by atoms with Crippen LogP contribution in [0.5, 0.6) is 0 Å². The first kappa shape index (κ1) is 14.3. The molecule has 1 unspecified atom stereocenters. The molecule has 1 saturated heterocycles. The Labute approximate surface area is 115 Å². The molecular weight excluding hydrogens is 238 g/mol. The molecule has 0 aromatic carbocycles. The summed E-state index contributed by atoms with van der Waals surface area (Å²) < 4.78 is 0. The van der Waals surface area contributed by atoms with E-state index < -0.39 is 0 Å². The van der Waals surface area contributed by atoms with E-state index in [1.165, 1.54) is 18.5 Å². The highest BCUT2D eigenvalue weighted by atomic mass is 16.2. The van der Waals surface area contributed by atoms with Crippen molar-refractivity contribution in [1.82, 2.24) is 10.3 Å². The van der Waals surface area contributed by atoms with Gasteiger partial charge in [0.25, 0.3) is 0 Å². The van der Waals surface area contributed by atoms with Crippen LogP contribution in [0.4, 0.5) is 5.69 Å². The van der Waals surface area contributed by atoms with Crippen molar-refractivity contribution >= 4 is 5.69 Å². The minimum absolute atomic E-state index is 0.298. The molecule has 106 valence electrons. The SMILES string of the molecule is CC(CCCO)NC1CCN(c2ccncc2)CC1. The van der Waals surface area contributed by atoms with Gasteiger partial charge in [0.1, 0.15) is 0 Å². The number of aromatic nitrogens is 1. The molecular formula is C15H25N3O. The van der Waals surface area contributed by atoms with Crippen LogP contribution >= 0.6 is 0 Å². The van der Waals surface area contributed by atoms with Crippen molar-refractivity contribution in [3.63, 3.8) is 0 Å². The maximum absolute atomic E-state index is 8.84. The summed E-state index contributed by atoms with van der Waals surface area (Å²) in [4.78, 5) is 6.49. The van der Waals surface area contributed by atoms with Crippen molar-refractivity contribution < 1.29 is 5.11 Å². The number of rotatable bonds is 6. The van der Waals surface area contributed by atoms with E-state index in [9.17, 15) is 0 Å². The quantitative estimate of drug-likeness (QED) is 0.821. The van der Waals surface area contributed by atoms with Gasteiger partial charge in [0.15, 0.2) is 0 Å². The standard InChI is InChI=1S/C15H25N3O/c1-13(3-2-12-19)17-14-6-10-18(11-7-14)15-4-8-16-9-5-15/h4-5,8-9,13-14,17,19H,2-3,6-7,10-12H2,1H3. The second kappa shape index (κ2) is 7.46. The fourth-order valence-corrected chi connectivity index (χ4v) is 2.74. The minimum atomic E-state index is 0.298. The average Bonchev–Trinajstić information content (AvgIpc) is 2.47. The van der Waals surface area contributed by atoms with E-state index in [1.807, 2.05) is 12.4 Å². The van der Waals surface area contributed by atoms with Gasteiger partial charge in [0.2, 0.25) is 0 Å². The van der Waals surface area contributed by atoms with E-state index in [2.05, 4.69) is 34.3 Å². The van der Waals surface area contributed by atoms with Crippen LogP contribution in [-0.2, 0) is 0 Å². The van der Waals surface area contributed by atoms with Crippen LogP contribution in [0.3, 0.4) is 0 Å². The third-order valence-corrected chi connectivity index (χ3v) is 3.84. The zero-order valence-electron chi connectivity index (χ0n) is 11.8. The molecule has 2 N–H and O–H groups in total. The molecule has 0 bridgehead atoms. The Morgan fingerprint density at radius 1 is 1.37 bits per heavy atom. The summed E-state index contributed by atoms with van der Waals surface area (Å²) in [5.41, 5.74) is 1.28. The van der Waals surface area contributed by atoms with Gasteiger partial charge in [-0.15, -0.1) is 0 Å². The number of piperidine rings is 1. The molecule has 1 aliphatic rings. The second-order valence-electron chi connectivity index (χ2n) is 5.40. The molecule has 19 heavy (non-hydrogen) atoms. The molecule has 1 aromatic rings. The molecule has 1 aliphatic heterocycles. The Hall–Kier alpha value is -1.13. The monoisotopic (exact) mass is 263 g/mol. The highest BCUT2D eigenvalue weighted by Crippen LogP contribution is 2.19. The molecule has 2 rings (SSSR count). The van der Waals surface area contributed by atoms with Crippen LogP contribution in [0.15, 0.2) is 24.5 Å². The fourth-order valence-electron chi connectivity index (χ4n) is 2.74. The number of hydrogen-bond donors (Lipinski definition) is 2. The number of nitrogens with one attached hydrogen (secondary N) is 1. The van der Waals surface area contributed by atoms with Crippen LogP contribution in [0.25, 0.3) is 0 Å². The molecule has 1 atom stereocenters. The number of hydrogen-bond acceptors (Lipinski definition) is 4. The van der Waals surface area contributed by atoms with Gasteiger partial charge in [-0.05, 0) is 44.7 Å². The van der Waals surface area contributed by atoms with Crippen LogP contribution < -0.4 is 10.2 Å². The molecule has 0 radical (unpaired) electrons. The lowest BCUT2D eigenvalue weighted by molar-refractivity contribution is 0.270. The zero-order valence-corrected chi connectivity index (χ0v) is 11.8. The minimum Gasteiger partial charge on any atom is -0.396 e. The smallest absolute Gasteiger partial charge is 0.0431 e. The van der Waals surface area contributed by atoms with E-state index >= 15 is 0 Å². The van der Waals surface area contributed by atoms with Gasteiger partial charge in [-0.1, -0.05) is 0 Å². The van der Waals surface area contributed by atoms with E-state index in [0.29, 0.717) is 18.7 Å². The van der Waals surface area contributed by atoms with E-state index in [-0.39, 0.29) is 0 Å². The predicted molar refractivity (Wildman–Crippen MR) is 78.4 cm³/mol. The normalized spacial score (nSPS) is 18.5. The van der Waals surface area contributed by atoms with Crippen molar-refractivity contribution in [3.05, 3.63) is 24.5 Å². The van der Waals surface area contributed by atoms with Crippen LogP contribution in [0.1, 0.15) is 32.6 Å². The Balaban J connectivity index is 1.73. The number of aliphatic hydroxyl groups excluding tert-OH is 1. The number of nitrogens with zero attached hydrogens (tertiary/aromatic N) is 2. The van der Waals surface area contributed by atoms with Gasteiger partial charge < -0.3 is 15.3 Å². The highest BCUT2D eigenvalue weighted by molar-refractivity contribution is 5.44. The van der Waals surface area contributed by atoms with Crippen molar-refractivity contribution in [2.45, 2.75) is 44.7 Å². The lowest BCUT2D eigenvalue weighted by atomic mass is 10.0. The Kier molecular flexibility index (Phi) is 5.61. The Morgan fingerprint density at radius 3 is 2.68 bits per heavy atom. The Morgan fingerprint density at radius 2 is 2.05 bits per heavy atom. The van der Waals surface area contributed by atoms with E-state index in [4.69, 9.17) is 5.11 Å². The van der Waals surface area contributed by atoms with Gasteiger partial charge in [-0.2, -0.15) is 0 Å². The number of anilines is 1. The molecule has 0 amide bonds. The molecule has 1 aromatic heterocycles. The number of aliphatic hydroxyl groups is 1. The molecule has 0 spiro atoms.